The maximum Gasteiger partial charge on any atom is 0.246 e. The average Bonchev–Trinajstić information content (AvgIpc) is 2.42. The number of hydrogen-bond acceptors (Lipinski definition) is 3. The topological polar surface area (TPSA) is 49.4 Å². The highest BCUT2D eigenvalue weighted by atomic mass is 19.2. The molecule has 2 amide bonds. The van der Waals surface area contributed by atoms with E-state index in [2.05, 4.69) is 5.32 Å². The molecule has 1 aromatic carbocycles. The van der Waals surface area contributed by atoms with E-state index in [1.807, 2.05) is 0 Å². The molecule has 1 heterocycles. The molecule has 2 rings (SSSR count). The number of imide groups is 1. The molecule has 6 heteroatoms. The number of piperidine rings is 1. The zero-order valence-electron chi connectivity index (χ0n) is 11.3. The summed E-state index contributed by atoms with van der Waals surface area (Å²) in [6.45, 7) is 1.65. The highest BCUT2D eigenvalue weighted by Crippen LogP contribution is 2.21. The van der Waals surface area contributed by atoms with Crippen molar-refractivity contribution >= 4 is 11.8 Å². The Balaban J connectivity index is 2.12. The van der Waals surface area contributed by atoms with Crippen molar-refractivity contribution in [3.05, 3.63) is 35.4 Å². The van der Waals surface area contributed by atoms with Crippen molar-refractivity contribution < 1.29 is 18.4 Å². The van der Waals surface area contributed by atoms with E-state index < -0.39 is 23.7 Å². The largest absolute Gasteiger partial charge is 0.299 e. The number of carbonyl (C=O) groups is 2. The first-order chi connectivity index (χ1) is 9.41. The van der Waals surface area contributed by atoms with E-state index in [9.17, 15) is 18.4 Å². The molecule has 0 saturated carbocycles. The Morgan fingerprint density at radius 2 is 2.05 bits per heavy atom. The molecule has 0 spiro atoms. The molecule has 4 nitrogen and oxygen atoms in total. The van der Waals surface area contributed by atoms with Crippen LogP contribution in [0.4, 0.5) is 8.78 Å². The number of halogens is 2. The van der Waals surface area contributed by atoms with E-state index >= 15 is 0 Å². The molecule has 0 bridgehead atoms. The fourth-order valence-corrected chi connectivity index (χ4v) is 2.32. The lowest BCUT2D eigenvalue weighted by atomic mass is 10.0. The molecule has 20 heavy (non-hydrogen) atoms. The second-order valence-electron chi connectivity index (χ2n) is 4.91. The summed E-state index contributed by atoms with van der Waals surface area (Å²) in [5.74, 6) is -2.40. The van der Waals surface area contributed by atoms with Crippen molar-refractivity contribution in [2.24, 2.45) is 0 Å². The van der Waals surface area contributed by atoms with Crippen LogP contribution in [0.1, 0.15) is 31.4 Å². The first kappa shape index (κ1) is 14.6. The highest BCUT2D eigenvalue weighted by Gasteiger charge is 2.32. The van der Waals surface area contributed by atoms with Crippen molar-refractivity contribution in [2.75, 3.05) is 7.05 Å². The minimum atomic E-state index is -0.918. The van der Waals surface area contributed by atoms with Crippen LogP contribution in [0.3, 0.4) is 0 Å². The van der Waals surface area contributed by atoms with Crippen molar-refractivity contribution in [2.45, 2.75) is 31.8 Å². The lowest BCUT2D eigenvalue weighted by Crippen LogP contribution is -2.51. The number of likely N-dealkylation sites (N-methyl/N-ethyl adjacent to an activating group) is 1. The Hall–Kier alpha value is -1.82. The molecule has 0 aromatic heterocycles. The van der Waals surface area contributed by atoms with Gasteiger partial charge in [0.2, 0.25) is 11.8 Å². The van der Waals surface area contributed by atoms with Gasteiger partial charge in [-0.2, -0.15) is 0 Å². The summed E-state index contributed by atoms with van der Waals surface area (Å²) in [5.41, 5.74) is 0.164. The summed E-state index contributed by atoms with van der Waals surface area (Å²) in [6, 6.07) is 2.85. The van der Waals surface area contributed by atoms with Gasteiger partial charge in [-0.1, -0.05) is 12.1 Å². The molecule has 1 aromatic rings. The summed E-state index contributed by atoms with van der Waals surface area (Å²) in [5, 5.41) is 2.95. The van der Waals surface area contributed by atoms with Gasteiger partial charge in [0.05, 0.1) is 6.04 Å². The quantitative estimate of drug-likeness (QED) is 0.859. The summed E-state index contributed by atoms with van der Waals surface area (Å²) in [6.07, 6.45) is 0.627. The van der Waals surface area contributed by atoms with E-state index in [-0.39, 0.29) is 23.8 Å². The molecule has 2 unspecified atom stereocenters. The van der Waals surface area contributed by atoms with Crippen LogP contribution in [0.15, 0.2) is 18.2 Å². The van der Waals surface area contributed by atoms with Gasteiger partial charge in [0, 0.05) is 25.1 Å². The smallest absolute Gasteiger partial charge is 0.246 e. The molecule has 1 saturated heterocycles. The van der Waals surface area contributed by atoms with Gasteiger partial charge in [-0.3, -0.25) is 19.8 Å². The maximum atomic E-state index is 13.7. The summed E-state index contributed by atoms with van der Waals surface area (Å²) < 4.78 is 26.9. The number of nitrogens with zero attached hydrogens (tertiary/aromatic N) is 1. The van der Waals surface area contributed by atoms with Crippen LogP contribution >= 0.6 is 0 Å². The van der Waals surface area contributed by atoms with Crippen molar-refractivity contribution in [3.8, 4) is 0 Å². The Labute approximate surface area is 115 Å². The Morgan fingerprint density at radius 1 is 1.35 bits per heavy atom. The van der Waals surface area contributed by atoms with E-state index in [0.29, 0.717) is 6.42 Å². The molecule has 2 atom stereocenters. The third-order valence-corrected chi connectivity index (χ3v) is 3.55. The standard InChI is InChI=1S/C14H16F2N2O2/c1-8(9-4-3-5-10(15)13(9)16)17-11-6-7-12(19)18(2)14(11)20/h3-5,8,11,17H,6-7H2,1-2H3. The monoisotopic (exact) mass is 282 g/mol. The first-order valence-electron chi connectivity index (χ1n) is 6.42. The molecule has 1 fully saturated rings. The summed E-state index contributed by atoms with van der Waals surface area (Å²) in [4.78, 5) is 24.4. The normalized spacial score (nSPS) is 21.2. The van der Waals surface area contributed by atoms with Crippen LogP contribution in [0, 0.1) is 11.6 Å². The Kier molecular flexibility index (Phi) is 4.13. The van der Waals surface area contributed by atoms with Gasteiger partial charge in [-0.15, -0.1) is 0 Å². The van der Waals surface area contributed by atoms with Crippen LogP contribution in [0.5, 0.6) is 0 Å². The van der Waals surface area contributed by atoms with Crippen LogP contribution in [-0.4, -0.2) is 29.8 Å². The third-order valence-electron chi connectivity index (χ3n) is 3.55. The minimum Gasteiger partial charge on any atom is -0.299 e. The molecule has 108 valence electrons. The van der Waals surface area contributed by atoms with Crippen LogP contribution < -0.4 is 5.32 Å². The molecule has 0 radical (unpaired) electrons. The average molecular weight is 282 g/mol. The molecular formula is C14H16F2N2O2. The fourth-order valence-electron chi connectivity index (χ4n) is 2.32. The fraction of sp³-hybridized carbons (Fsp3) is 0.429. The highest BCUT2D eigenvalue weighted by molar-refractivity contribution is 6.00. The third kappa shape index (κ3) is 2.70. The van der Waals surface area contributed by atoms with E-state index in [4.69, 9.17) is 0 Å². The lowest BCUT2D eigenvalue weighted by molar-refractivity contribution is -0.148. The van der Waals surface area contributed by atoms with Gasteiger partial charge >= 0.3 is 0 Å². The van der Waals surface area contributed by atoms with Gasteiger partial charge in [-0.25, -0.2) is 8.78 Å². The number of nitrogens with one attached hydrogen (secondary N) is 1. The van der Waals surface area contributed by atoms with Crippen molar-refractivity contribution in [1.29, 1.82) is 0 Å². The van der Waals surface area contributed by atoms with Gasteiger partial charge in [0.15, 0.2) is 11.6 Å². The number of rotatable bonds is 3. The summed E-state index contributed by atoms with van der Waals surface area (Å²) >= 11 is 0. The Bertz CT molecular complexity index is 548. The maximum absolute atomic E-state index is 13.7. The van der Waals surface area contributed by atoms with E-state index in [1.165, 1.54) is 19.2 Å². The molecular weight excluding hydrogens is 266 g/mol. The van der Waals surface area contributed by atoms with Crippen LogP contribution in [-0.2, 0) is 9.59 Å². The first-order valence-corrected chi connectivity index (χ1v) is 6.42. The number of benzene rings is 1. The zero-order valence-corrected chi connectivity index (χ0v) is 11.3. The van der Waals surface area contributed by atoms with Gasteiger partial charge in [-0.05, 0) is 19.4 Å². The van der Waals surface area contributed by atoms with Gasteiger partial charge in [0.1, 0.15) is 0 Å². The van der Waals surface area contributed by atoms with Crippen molar-refractivity contribution in [1.82, 2.24) is 10.2 Å². The number of carbonyl (C=O) groups excluding carboxylic acids is 2. The van der Waals surface area contributed by atoms with Crippen LogP contribution in [0.2, 0.25) is 0 Å². The number of hydrogen-bond donors (Lipinski definition) is 1. The van der Waals surface area contributed by atoms with Gasteiger partial charge in [0.25, 0.3) is 0 Å². The second kappa shape index (κ2) is 5.66. The predicted octanol–water partition coefficient (Wildman–Crippen LogP) is 1.76. The second-order valence-corrected chi connectivity index (χ2v) is 4.91. The minimum absolute atomic E-state index is 0.164. The van der Waals surface area contributed by atoms with Crippen LogP contribution in [0.25, 0.3) is 0 Å². The molecule has 1 aliphatic rings. The van der Waals surface area contributed by atoms with Crippen molar-refractivity contribution in [3.63, 3.8) is 0 Å². The molecule has 0 aliphatic carbocycles. The Morgan fingerprint density at radius 3 is 2.75 bits per heavy atom. The van der Waals surface area contributed by atoms with E-state index in [1.54, 1.807) is 6.92 Å². The van der Waals surface area contributed by atoms with E-state index in [0.717, 1.165) is 11.0 Å². The number of amides is 2. The lowest BCUT2D eigenvalue weighted by Gasteiger charge is -2.30. The molecule has 1 aliphatic heterocycles. The SMILES string of the molecule is CC(NC1CCC(=O)N(C)C1=O)c1cccc(F)c1F. The zero-order chi connectivity index (χ0) is 14.9. The van der Waals surface area contributed by atoms with Gasteiger partial charge < -0.3 is 0 Å². The number of likely N-dealkylation sites (tertiary alicyclic amines) is 1. The summed E-state index contributed by atoms with van der Waals surface area (Å²) in [7, 11) is 1.42. The molecule has 1 N–H and O–H groups in total. The predicted molar refractivity (Wildman–Crippen MR) is 68.7 cm³/mol.